The number of halogens is 1. The van der Waals surface area contributed by atoms with E-state index in [1.54, 1.807) is 20.8 Å². The monoisotopic (exact) mass is 637 g/mol. The van der Waals surface area contributed by atoms with Crippen LogP contribution >= 0.6 is 11.6 Å². The number of ether oxygens (including phenoxy) is 1. The quantitative estimate of drug-likeness (QED) is 0.144. The molecule has 42 heavy (non-hydrogen) atoms. The molecule has 1 aromatic heterocycles. The van der Waals surface area contributed by atoms with Crippen LogP contribution in [0.25, 0.3) is 11.0 Å². The Morgan fingerprint density at radius 1 is 1.24 bits per heavy atom. The number of carbonyl (C=O) groups excluding carboxylic acids is 3. The number of benzene rings is 1. The molecule has 1 radical (unpaired) electrons. The number of nitrogens with zero attached hydrogens (tertiary/aromatic N) is 4. The number of likely N-dealkylation sites (tertiary alicyclic amines) is 1. The molecule has 2 aromatic rings. The van der Waals surface area contributed by atoms with E-state index in [4.69, 9.17) is 26.3 Å². The van der Waals surface area contributed by atoms with Crippen LogP contribution in [0.5, 0.6) is 5.88 Å². The summed E-state index contributed by atoms with van der Waals surface area (Å²) in [6.45, 7) is 8.04. The first kappa shape index (κ1) is 35.8. The zero-order valence-corrected chi connectivity index (χ0v) is 27.2. The predicted octanol–water partition coefficient (Wildman–Crippen LogP) is 5.68. The van der Waals surface area contributed by atoms with Gasteiger partial charge in [0.1, 0.15) is 18.1 Å². The fraction of sp³-hybridized carbons (Fsp3) is 0.633. The number of hydrogen-bond donors (Lipinski definition) is 1. The van der Waals surface area contributed by atoms with Crippen LogP contribution in [0.2, 0.25) is 5.02 Å². The second kappa shape index (κ2) is 16.5. The summed E-state index contributed by atoms with van der Waals surface area (Å²) in [5.74, 6) is 1.63. The van der Waals surface area contributed by atoms with E-state index in [9.17, 15) is 19.3 Å². The molecule has 229 valence electrons. The molecule has 2 aliphatic rings. The third kappa shape index (κ3) is 10.4. The van der Waals surface area contributed by atoms with Crippen molar-refractivity contribution in [2.24, 2.45) is 22.4 Å². The number of amides is 2. The molecule has 4 atom stereocenters. The Morgan fingerprint density at radius 2 is 1.95 bits per heavy atom. The van der Waals surface area contributed by atoms with E-state index in [2.05, 4.69) is 16.8 Å². The van der Waals surface area contributed by atoms with Crippen molar-refractivity contribution >= 4 is 41.2 Å². The van der Waals surface area contributed by atoms with Crippen LogP contribution in [0, 0.1) is 22.2 Å². The minimum Gasteiger partial charge on any atom is -0.540 e. The molecule has 2 heterocycles. The number of fused-ring (bicyclic) bond motifs is 1. The molecule has 10 nitrogen and oxygen atoms in total. The second-order valence-electron chi connectivity index (χ2n) is 12.2. The third-order valence-corrected chi connectivity index (χ3v) is 7.96. The Morgan fingerprint density at radius 3 is 2.52 bits per heavy atom. The molecule has 12 heteroatoms. The van der Waals surface area contributed by atoms with E-state index in [1.807, 2.05) is 37.1 Å². The first-order valence-corrected chi connectivity index (χ1v) is 14.6. The second-order valence-corrected chi connectivity index (χ2v) is 12.6. The number of hydrogen-bond acceptors (Lipinski definition) is 8. The number of nitroso groups, excluding NO2 is 1. The van der Waals surface area contributed by atoms with Gasteiger partial charge in [-0.2, -0.15) is 0 Å². The number of nitrogens with one attached hydrogen (secondary N) is 1. The van der Waals surface area contributed by atoms with E-state index in [0.29, 0.717) is 23.7 Å². The van der Waals surface area contributed by atoms with E-state index in [1.165, 1.54) is 32.1 Å². The average molecular weight is 638 g/mol. The van der Waals surface area contributed by atoms with Crippen molar-refractivity contribution < 1.29 is 37.7 Å². The number of rotatable bonds is 11. The Labute approximate surface area is 264 Å². The van der Waals surface area contributed by atoms with Gasteiger partial charge in [0.05, 0.1) is 17.1 Å². The molecule has 2 fully saturated rings. The van der Waals surface area contributed by atoms with Crippen molar-refractivity contribution in [2.75, 3.05) is 13.6 Å². The summed E-state index contributed by atoms with van der Waals surface area (Å²) in [7, 11) is 1.93. The minimum atomic E-state index is -1.01. The smallest absolute Gasteiger partial charge is 0.379 e. The van der Waals surface area contributed by atoms with E-state index < -0.39 is 17.5 Å². The molecule has 1 aromatic carbocycles. The van der Waals surface area contributed by atoms with Crippen molar-refractivity contribution in [3.05, 3.63) is 33.8 Å². The van der Waals surface area contributed by atoms with Crippen LogP contribution in [-0.4, -0.2) is 65.3 Å². The Bertz CT molecular complexity index is 1220. The van der Waals surface area contributed by atoms with Gasteiger partial charge in [-0.25, -0.2) is 21.0 Å². The van der Waals surface area contributed by atoms with E-state index >= 15 is 0 Å². The normalized spacial score (nSPS) is 21.0. The molecule has 2 amide bonds. The van der Waals surface area contributed by atoms with Gasteiger partial charge >= 0.3 is 6.03 Å². The molecule has 0 bridgehead atoms. The van der Waals surface area contributed by atoms with Crippen LogP contribution in [0.3, 0.4) is 0 Å². The number of aromatic nitrogens is 2. The van der Waals surface area contributed by atoms with Crippen molar-refractivity contribution in [1.82, 2.24) is 20.2 Å². The minimum absolute atomic E-state index is 0. The number of unbranched alkanes of at least 4 members (excludes halogenated alkanes) is 2. The maximum atomic E-state index is 11.3. The first-order valence-electron chi connectivity index (χ1n) is 14.3. The number of aryl methyl sites for hydroxylation is 1. The Balaban J connectivity index is 0.000000405. The topological polar surface area (TPSA) is 131 Å². The number of urea groups is 1. The molecule has 1 saturated heterocycles. The van der Waals surface area contributed by atoms with Gasteiger partial charge in [0.15, 0.2) is 0 Å². The fourth-order valence-corrected chi connectivity index (χ4v) is 5.05. The van der Waals surface area contributed by atoms with Crippen LogP contribution in [0.15, 0.2) is 23.4 Å². The van der Waals surface area contributed by atoms with Crippen LogP contribution in [0.1, 0.15) is 71.9 Å². The third-order valence-electron chi connectivity index (χ3n) is 7.73. The maximum Gasteiger partial charge on any atom is 0.379 e. The van der Waals surface area contributed by atoms with Crippen molar-refractivity contribution in [2.45, 2.75) is 90.8 Å². The van der Waals surface area contributed by atoms with Crippen molar-refractivity contribution in [3.63, 3.8) is 0 Å². The number of aldehydes is 1. The van der Waals surface area contributed by atoms with Crippen LogP contribution in [0.4, 0.5) is 4.79 Å². The molecular formula is C30H41ClN5O5V-. The summed E-state index contributed by atoms with van der Waals surface area (Å²) >= 11 is 6.15. The van der Waals surface area contributed by atoms with Gasteiger partial charge < -0.3 is 24.5 Å². The molecule has 1 aliphatic heterocycles. The molecule has 0 spiro atoms. The largest absolute Gasteiger partial charge is 0.540 e. The van der Waals surface area contributed by atoms with Crippen LogP contribution in [-0.2, 0) is 34.6 Å². The number of likely N-dealkylation sites (N-methyl/N-ethyl adjacent to an activating group) is 1. The van der Waals surface area contributed by atoms with Gasteiger partial charge in [0.25, 0.3) is 0 Å². The molecule has 1 saturated carbocycles. The van der Waals surface area contributed by atoms with Gasteiger partial charge in [0, 0.05) is 35.3 Å². The maximum absolute atomic E-state index is 11.3. The zero-order valence-electron chi connectivity index (χ0n) is 25.0. The van der Waals surface area contributed by atoms with Gasteiger partial charge in [-0.3, -0.25) is 0 Å². The summed E-state index contributed by atoms with van der Waals surface area (Å²) in [6, 6.07) is 3.65. The first-order chi connectivity index (χ1) is 19.5. The molecule has 4 rings (SSSR count). The molecular weight excluding hydrogens is 597 g/mol. The Kier molecular flexibility index (Phi) is 14.0. The summed E-state index contributed by atoms with van der Waals surface area (Å²) in [5.41, 5.74) is 2.08. The summed E-state index contributed by atoms with van der Waals surface area (Å²) in [6.07, 6.45) is 11.3. The van der Waals surface area contributed by atoms with Crippen LogP contribution < -0.4 is 10.1 Å². The van der Waals surface area contributed by atoms with E-state index in [0.717, 1.165) is 35.5 Å². The molecule has 1 aliphatic carbocycles. The fourth-order valence-electron chi connectivity index (χ4n) is 4.88. The molecule has 1 unspecified atom stereocenters. The average Bonchev–Trinajstić information content (AvgIpc) is 3.71. The van der Waals surface area contributed by atoms with E-state index in [-0.39, 0.29) is 36.6 Å². The van der Waals surface area contributed by atoms with Crippen molar-refractivity contribution in [3.8, 4) is 5.88 Å². The van der Waals surface area contributed by atoms with Crippen molar-refractivity contribution in [1.29, 1.82) is 0 Å². The van der Waals surface area contributed by atoms with Gasteiger partial charge in [0.2, 0.25) is 5.88 Å². The predicted molar refractivity (Wildman–Crippen MR) is 159 cm³/mol. The number of carbonyl (C=O) groups is 2. The Hall–Kier alpha value is -2.40. The SMILES string of the molecule is CC(C)(C)[C@@H](C=O)NC(=O)N=O.C[C@H]1C([C-]=O)N(C)C[C@@H]1Oc1nc2cc(Cl)ccc2nc1CCCCCC1CC1.[V]. The summed E-state index contributed by atoms with van der Waals surface area (Å²) in [4.78, 5) is 53.5. The molecule has 1 N–H and O–H groups in total. The van der Waals surface area contributed by atoms with Gasteiger partial charge in [-0.15, -0.1) is 4.91 Å². The summed E-state index contributed by atoms with van der Waals surface area (Å²) < 4.78 is 6.34. The summed E-state index contributed by atoms with van der Waals surface area (Å²) in [5, 5.41) is 4.94. The van der Waals surface area contributed by atoms with Gasteiger partial charge in [-0.1, -0.05) is 77.4 Å². The zero-order chi connectivity index (χ0) is 30.2. The standard InChI is InChI=1S/C23H29ClN3O2.C7H12N2O3.V/c1-15-21(14-28)27(2)13-22(15)29-23-19(7-5-3-4-6-16-8-9-16)25-18-11-10-17(24)12-20(18)26-23;1-7(2,3)5(4-10)8-6(11)9-12;/h10-12,15-16,21-22H,3-9,13H2,1-2H3;4-5H,1-3H3,(H,8,11);/q-1;;/t15-,21?,22-;5-;/m01./s1. The van der Waals surface area contributed by atoms with Gasteiger partial charge in [-0.05, 0) is 55.3 Å².